The van der Waals surface area contributed by atoms with Crippen LogP contribution in [0.15, 0.2) is 51.2 Å². The van der Waals surface area contributed by atoms with Crippen molar-refractivity contribution in [3.05, 3.63) is 57.8 Å². The highest BCUT2D eigenvalue weighted by Crippen LogP contribution is 2.42. The lowest BCUT2D eigenvalue weighted by atomic mass is 9.97. The normalized spacial score (nSPS) is 35.0. The van der Waals surface area contributed by atoms with Crippen LogP contribution >= 0.6 is 0 Å². The summed E-state index contributed by atoms with van der Waals surface area (Å²) in [6.45, 7) is 3.44. The number of fused-ring (bicyclic) bond motifs is 1. The van der Waals surface area contributed by atoms with Crippen molar-refractivity contribution in [3.63, 3.8) is 0 Å². The smallest absolute Gasteiger partial charge is 0.239 e. The summed E-state index contributed by atoms with van der Waals surface area (Å²) in [5.41, 5.74) is -0.0519. The van der Waals surface area contributed by atoms with Gasteiger partial charge in [0.2, 0.25) is 23.8 Å². The summed E-state index contributed by atoms with van der Waals surface area (Å²) < 4.78 is 46.6. The summed E-state index contributed by atoms with van der Waals surface area (Å²) in [7, 11) is 1.44. The number of aromatic hydroxyl groups is 1. The van der Waals surface area contributed by atoms with Gasteiger partial charge in [-0.05, 0) is 51.5 Å². The molecule has 11 N–H and O–H groups in total. The van der Waals surface area contributed by atoms with Gasteiger partial charge in [0.15, 0.2) is 18.2 Å². The molecular formula is C39H50O20. The Morgan fingerprint density at radius 3 is 1.92 bits per heavy atom. The average molecular weight is 839 g/mol. The molecule has 0 amide bonds. The minimum Gasteiger partial charge on any atom is -0.507 e. The number of methoxy groups -OCH3 is 1. The minimum atomic E-state index is -1.94. The number of benzene rings is 2. The van der Waals surface area contributed by atoms with E-state index in [0.717, 1.165) is 11.6 Å². The van der Waals surface area contributed by atoms with E-state index in [2.05, 4.69) is 0 Å². The molecule has 4 heterocycles. The van der Waals surface area contributed by atoms with Gasteiger partial charge in [-0.15, -0.1) is 0 Å². The number of hydrogen-bond donors (Lipinski definition) is 11. The molecule has 20 nitrogen and oxygen atoms in total. The molecule has 0 spiro atoms. The number of aliphatic hydroxyl groups is 10. The monoisotopic (exact) mass is 838 g/mol. The number of phenolic OH excluding ortho intramolecular Hbond substituents is 1. The van der Waals surface area contributed by atoms with Crippen LogP contribution in [0.2, 0.25) is 0 Å². The fourth-order valence-electron chi connectivity index (χ4n) is 6.99. The molecule has 6 rings (SSSR count). The van der Waals surface area contributed by atoms with Gasteiger partial charge < -0.3 is 93.7 Å². The quantitative estimate of drug-likeness (QED) is 0.0870. The van der Waals surface area contributed by atoms with E-state index in [1.54, 1.807) is 32.1 Å². The van der Waals surface area contributed by atoms with E-state index < -0.39 is 128 Å². The van der Waals surface area contributed by atoms with Gasteiger partial charge in [0.1, 0.15) is 89.3 Å². The maximum Gasteiger partial charge on any atom is 0.239 e. The van der Waals surface area contributed by atoms with Crippen molar-refractivity contribution in [2.45, 2.75) is 119 Å². The molecular weight excluding hydrogens is 788 g/mol. The third-order valence-electron chi connectivity index (χ3n) is 10.5. The van der Waals surface area contributed by atoms with E-state index >= 15 is 0 Å². The van der Waals surface area contributed by atoms with Gasteiger partial charge in [0, 0.05) is 17.2 Å². The fraction of sp³-hybridized carbons (Fsp3) is 0.564. The molecule has 2 aromatic carbocycles. The lowest BCUT2D eigenvalue weighted by Gasteiger charge is -2.45. The van der Waals surface area contributed by atoms with E-state index in [9.17, 15) is 61.0 Å². The summed E-state index contributed by atoms with van der Waals surface area (Å²) in [5, 5.41) is 115. The van der Waals surface area contributed by atoms with E-state index in [1.165, 1.54) is 26.2 Å². The average Bonchev–Trinajstić information content (AvgIpc) is 3.21. The third kappa shape index (κ3) is 8.79. The Balaban J connectivity index is 1.50. The zero-order chi connectivity index (χ0) is 43.0. The van der Waals surface area contributed by atoms with Crippen LogP contribution in [0.5, 0.6) is 23.0 Å². The standard InChI is InChI=1S/C39H50O20/c1-14(2)5-10-18-20(54-37-31(50)28(47)25(44)21(12-40)55-37)11-19(42)23-27(46)35(33(57-34(18)23)16-6-8-17(52-4)9-7-16)58-39-36(30(49)24(43)15(3)53-39)59-38-32(51)29(48)26(45)22(13-41)56-38/h5-9,11,15,21-22,24-26,28-32,36-45,47-51H,10,12-13H2,1-4H3/t15?,21?,22?,24-,25-,26+,28?,29?,30?,31?,32?,36?,37-,38+,39+/m1/s1. The van der Waals surface area contributed by atoms with Gasteiger partial charge in [0.25, 0.3) is 0 Å². The van der Waals surface area contributed by atoms with Gasteiger partial charge in [-0.3, -0.25) is 4.79 Å². The Labute approximate surface area is 336 Å². The topological polar surface area (TPSA) is 317 Å². The van der Waals surface area contributed by atoms with Crippen molar-refractivity contribution in [3.8, 4) is 34.3 Å². The highest BCUT2D eigenvalue weighted by molar-refractivity contribution is 5.91. The predicted molar refractivity (Wildman–Crippen MR) is 199 cm³/mol. The van der Waals surface area contributed by atoms with E-state index in [0.29, 0.717) is 5.75 Å². The van der Waals surface area contributed by atoms with Crippen molar-refractivity contribution in [2.75, 3.05) is 20.3 Å². The van der Waals surface area contributed by atoms with E-state index in [4.69, 9.17) is 37.6 Å². The lowest BCUT2D eigenvalue weighted by molar-refractivity contribution is -0.355. The lowest BCUT2D eigenvalue weighted by Crippen LogP contribution is -2.64. The van der Waals surface area contributed by atoms with Gasteiger partial charge in [-0.25, -0.2) is 0 Å². The van der Waals surface area contributed by atoms with Crippen molar-refractivity contribution in [1.82, 2.24) is 0 Å². The minimum absolute atomic E-state index is 0.000587. The van der Waals surface area contributed by atoms with Gasteiger partial charge in [0.05, 0.1) is 26.4 Å². The zero-order valence-corrected chi connectivity index (χ0v) is 32.3. The third-order valence-corrected chi connectivity index (χ3v) is 10.5. The van der Waals surface area contributed by atoms with Gasteiger partial charge in [-0.1, -0.05) is 11.6 Å². The first kappa shape index (κ1) is 44.6. The van der Waals surface area contributed by atoms with Crippen LogP contribution in [0.4, 0.5) is 0 Å². The number of allylic oxidation sites excluding steroid dienone is 2. The molecule has 0 saturated carbocycles. The molecule has 20 heteroatoms. The van der Waals surface area contributed by atoms with Crippen LogP contribution in [0.3, 0.4) is 0 Å². The second-order valence-electron chi connectivity index (χ2n) is 14.8. The predicted octanol–water partition coefficient (Wildman–Crippen LogP) is -2.11. The van der Waals surface area contributed by atoms with Gasteiger partial charge in [-0.2, -0.15) is 0 Å². The summed E-state index contributed by atoms with van der Waals surface area (Å²) in [6, 6.07) is 7.17. The molecule has 3 saturated heterocycles. The summed E-state index contributed by atoms with van der Waals surface area (Å²) in [5.74, 6) is -1.34. The van der Waals surface area contributed by atoms with Crippen LogP contribution in [0.25, 0.3) is 22.3 Å². The molecule has 326 valence electrons. The molecule has 59 heavy (non-hydrogen) atoms. The molecule has 3 fully saturated rings. The van der Waals surface area contributed by atoms with Crippen molar-refractivity contribution < 1.29 is 93.7 Å². The summed E-state index contributed by atoms with van der Waals surface area (Å²) in [4.78, 5) is 14.7. The van der Waals surface area contributed by atoms with Gasteiger partial charge >= 0.3 is 0 Å². The van der Waals surface area contributed by atoms with E-state index in [-0.39, 0.29) is 34.6 Å². The molecule has 3 aliphatic rings. The molecule has 15 atom stereocenters. The Hall–Kier alpha value is -3.97. The summed E-state index contributed by atoms with van der Waals surface area (Å²) in [6.07, 6.45) is -23.6. The number of phenols is 1. The summed E-state index contributed by atoms with van der Waals surface area (Å²) >= 11 is 0. The SMILES string of the molecule is COc1ccc(-c2oc3c(CC=C(C)C)c(O[C@@H]4OC(CO)[C@@H](O)C(O)C4O)cc(O)c3c(=O)c2O[C@@H]2OC(C)[C@@H](O)C(O)C2O[C@@H]2OC(CO)[C@H](O)C(O)C2O)cc1. The van der Waals surface area contributed by atoms with Crippen LogP contribution in [0, 0.1) is 0 Å². The van der Waals surface area contributed by atoms with Crippen LogP contribution in [-0.2, 0) is 25.4 Å². The Morgan fingerprint density at radius 1 is 0.746 bits per heavy atom. The highest BCUT2D eigenvalue weighted by atomic mass is 16.8. The molecule has 3 aliphatic heterocycles. The Kier molecular flexibility index (Phi) is 13.9. The molecule has 9 unspecified atom stereocenters. The van der Waals surface area contributed by atoms with E-state index in [1.807, 2.05) is 0 Å². The first-order valence-electron chi connectivity index (χ1n) is 18.8. The Morgan fingerprint density at radius 2 is 1.34 bits per heavy atom. The number of ether oxygens (including phenoxy) is 7. The molecule has 0 aliphatic carbocycles. The largest absolute Gasteiger partial charge is 0.507 e. The maximum absolute atomic E-state index is 14.7. The molecule has 0 bridgehead atoms. The van der Waals surface area contributed by atoms with Crippen molar-refractivity contribution >= 4 is 11.0 Å². The Bertz CT molecular complexity index is 1990. The first-order chi connectivity index (χ1) is 28.0. The van der Waals surface area contributed by atoms with Crippen molar-refractivity contribution in [2.24, 2.45) is 0 Å². The van der Waals surface area contributed by atoms with Crippen LogP contribution < -0.4 is 19.6 Å². The number of rotatable bonds is 12. The number of hydrogen-bond acceptors (Lipinski definition) is 20. The molecule has 1 aromatic heterocycles. The molecule has 0 radical (unpaired) electrons. The number of aliphatic hydroxyl groups excluding tert-OH is 10. The first-order valence-corrected chi connectivity index (χ1v) is 18.8. The fourth-order valence-corrected chi connectivity index (χ4v) is 6.99. The van der Waals surface area contributed by atoms with Crippen LogP contribution in [-0.4, -0.2) is 169 Å². The maximum atomic E-state index is 14.7. The van der Waals surface area contributed by atoms with Crippen molar-refractivity contribution in [1.29, 1.82) is 0 Å². The molecule has 3 aromatic rings. The zero-order valence-electron chi connectivity index (χ0n) is 32.3. The second-order valence-corrected chi connectivity index (χ2v) is 14.8. The highest BCUT2D eigenvalue weighted by Gasteiger charge is 2.51. The second kappa shape index (κ2) is 18.3. The van der Waals surface area contributed by atoms with Crippen LogP contribution in [0.1, 0.15) is 26.3 Å².